The van der Waals surface area contributed by atoms with Gasteiger partial charge in [0.15, 0.2) is 11.6 Å². The Labute approximate surface area is 148 Å². The number of Topliss-reactive ketones (excluding diaryl/α,β-unsaturated/α-hetero) is 1. The maximum Gasteiger partial charge on any atom is 0.161 e. The van der Waals surface area contributed by atoms with E-state index in [-0.39, 0.29) is 40.6 Å². The molecule has 0 aliphatic heterocycles. The van der Waals surface area contributed by atoms with Crippen LogP contribution in [-0.4, -0.2) is 22.3 Å². The Bertz CT molecular complexity index is 723. The van der Waals surface area contributed by atoms with Gasteiger partial charge in [-0.15, -0.1) is 0 Å². The van der Waals surface area contributed by atoms with Crippen molar-refractivity contribution in [1.29, 1.82) is 0 Å². The van der Waals surface area contributed by atoms with Gasteiger partial charge in [0, 0.05) is 11.8 Å². The van der Waals surface area contributed by atoms with E-state index < -0.39 is 11.0 Å². The van der Waals surface area contributed by atoms with Crippen LogP contribution in [0.15, 0.2) is 23.6 Å². The monoisotopic (exact) mass is 346 g/mol. The Kier molecular flexibility index (Phi) is 3.51. The molecule has 2 fully saturated rings. The molecule has 0 spiro atoms. The standard InChI is InChI=1S/C21H27FO3/c1-12(23)21(25)9-6-16-14-11-18(22)17-10-13(24)4-7-19(17,2)15(14)5-8-20(16,21)3/h10-11,14-16,25H,4-9H2,1-3H3/t14-,15+,16+,19-,20+,21+/m1/s1. The molecule has 0 saturated heterocycles. The van der Waals surface area contributed by atoms with E-state index >= 15 is 0 Å². The molecule has 2 saturated carbocycles. The number of ketones is 2. The molecule has 25 heavy (non-hydrogen) atoms. The summed E-state index contributed by atoms with van der Waals surface area (Å²) < 4.78 is 15.0. The summed E-state index contributed by atoms with van der Waals surface area (Å²) in [7, 11) is 0. The largest absolute Gasteiger partial charge is 0.382 e. The first-order valence-electron chi connectivity index (χ1n) is 9.49. The zero-order valence-corrected chi connectivity index (χ0v) is 15.3. The fourth-order valence-electron chi connectivity index (χ4n) is 6.67. The van der Waals surface area contributed by atoms with Crippen LogP contribution >= 0.6 is 0 Å². The summed E-state index contributed by atoms with van der Waals surface area (Å²) >= 11 is 0. The molecule has 4 aliphatic rings. The average Bonchev–Trinajstić information content (AvgIpc) is 2.83. The van der Waals surface area contributed by atoms with Crippen molar-refractivity contribution in [3.05, 3.63) is 23.6 Å². The average molecular weight is 346 g/mol. The van der Waals surface area contributed by atoms with Crippen molar-refractivity contribution in [1.82, 2.24) is 0 Å². The third-order valence-corrected chi connectivity index (χ3v) is 8.29. The van der Waals surface area contributed by atoms with Crippen LogP contribution in [0.25, 0.3) is 0 Å². The minimum absolute atomic E-state index is 0.0157. The smallest absolute Gasteiger partial charge is 0.161 e. The predicted molar refractivity (Wildman–Crippen MR) is 92.3 cm³/mol. The van der Waals surface area contributed by atoms with Crippen LogP contribution in [0.1, 0.15) is 59.3 Å². The Morgan fingerprint density at radius 3 is 2.56 bits per heavy atom. The number of fused-ring (bicyclic) bond motifs is 5. The van der Waals surface area contributed by atoms with Crippen LogP contribution < -0.4 is 0 Å². The fourth-order valence-corrected chi connectivity index (χ4v) is 6.67. The molecule has 0 aromatic carbocycles. The van der Waals surface area contributed by atoms with Gasteiger partial charge in [0.1, 0.15) is 11.4 Å². The van der Waals surface area contributed by atoms with Crippen LogP contribution in [-0.2, 0) is 9.59 Å². The Hall–Kier alpha value is -1.29. The number of hydrogen-bond acceptors (Lipinski definition) is 3. The molecule has 0 unspecified atom stereocenters. The van der Waals surface area contributed by atoms with Crippen molar-refractivity contribution >= 4 is 11.6 Å². The summed E-state index contributed by atoms with van der Waals surface area (Å²) in [4.78, 5) is 24.0. The van der Waals surface area contributed by atoms with Crippen molar-refractivity contribution in [2.24, 2.45) is 28.6 Å². The van der Waals surface area contributed by atoms with Crippen LogP contribution in [0.2, 0.25) is 0 Å². The van der Waals surface area contributed by atoms with Crippen LogP contribution in [0, 0.1) is 28.6 Å². The van der Waals surface area contributed by atoms with Crippen LogP contribution in [0.5, 0.6) is 0 Å². The van der Waals surface area contributed by atoms with Crippen LogP contribution in [0.4, 0.5) is 4.39 Å². The summed E-state index contributed by atoms with van der Waals surface area (Å²) in [6, 6.07) is 0. The first-order valence-corrected chi connectivity index (χ1v) is 9.49. The lowest BCUT2D eigenvalue weighted by Gasteiger charge is -2.57. The second kappa shape index (κ2) is 5.12. The van der Waals surface area contributed by atoms with Gasteiger partial charge in [-0.05, 0) is 79.9 Å². The van der Waals surface area contributed by atoms with Gasteiger partial charge in [-0.3, -0.25) is 9.59 Å². The molecule has 0 radical (unpaired) electrons. The van der Waals surface area contributed by atoms with E-state index in [0.717, 1.165) is 19.3 Å². The van der Waals surface area contributed by atoms with E-state index in [4.69, 9.17) is 0 Å². The first kappa shape index (κ1) is 17.1. The Morgan fingerprint density at radius 2 is 1.88 bits per heavy atom. The van der Waals surface area contributed by atoms with Gasteiger partial charge in [-0.1, -0.05) is 13.8 Å². The molecule has 4 rings (SSSR count). The molecule has 0 heterocycles. The highest BCUT2D eigenvalue weighted by Crippen LogP contribution is 2.67. The van der Waals surface area contributed by atoms with E-state index in [1.807, 2.05) is 6.92 Å². The van der Waals surface area contributed by atoms with Gasteiger partial charge >= 0.3 is 0 Å². The number of carbonyl (C=O) groups excluding carboxylic acids is 2. The summed E-state index contributed by atoms with van der Waals surface area (Å²) in [5, 5.41) is 11.1. The lowest BCUT2D eigenvalue weighted by atomic mass is 9.48. The molecule has 4 heteroatoms. The van der Waals surface area contributed by atoms with Crippen molar-refractivity contribution in [3.63, 3.8) is 0 Å². The summed E-state index contributed by atoms with van der Waals surface area (Å²) in [5.41, 5.74) is -1.51. The fraction of sp³-hybridized carbons (Fsp3) is 0.714. The topological polar surface area (TPSA) is 54.4 Å². The molecule has 136 valence electrons. The maximum atomic E-state index is 15.0. The number of carbonyl (C=O) groups is 2. The maximum absolute atomic E-state index is 15.0. The van der Waals surface area contributed by atoms with E-state index in [1.54, 1.807) is 6.08 Å². The molecular weight excluding hydrogens is 319 g/mol. The molecule has 0 aromatic heterocycles. The first-order chi connectivity index (χ1) is 11.6. The number of hydrogen-bond donors (Lipinski definition) is 1. The molecule has 0 amide bonds. The quantitative estimate of drug-likeness (QED) is 0.783. The SMILES string of the molecule is CC(=O)[C@@]1(O)CC[C@H]2[C@@H]3C=C(F)C4=CC(=O)CC[C@]4(C)[C@H]3CC[C@@]21C. The minimum Gasteiger partial charge on any atom is -0.382 e. The van der Waals surface area contributed by atoms with Crippen molar-refractivity contribution in [2.75, 3.05) is 0 Å². The van der Waals surface area contributed by atoms with Gasteiger partial charge in [0.2, 0.25) is 0 Å². The van der Waals surface area contributed by atoms with E-state index in [1.165, 1.54) is 13.0 Å². The number of halogens is 1. The van der Waals surface area contributed by atoms with Crippen molar-refractivity contribution in [2.45, 2.75) is 64.9 Å². The lowest BCUT2D eigenvalue weighted by Crippen LogP contribution is -2.56. The second-order valence-electron chi connectivity index (χ2n) is 9.16. The number of aliphatic hydroxyl groups is 1. The molecule has 1 N–H and O–H groups in total. The highest BCUT2D eigenvalue weighted by molar-refractivity contribution is 5.92. The lowest BCUT2D eigenvalue weighted by molar-refractivity contribution is -0.156. The molecule has 0 bridgehead atoms. The third-order valence-electron chi connectivity index (χ3n) is 8.29. The summed E-state index contributed by atoms with van der Waals surface area (Å²) in [6.07, 6.45) is 7.26. The minimum atomic E-state index is -1.29. The van der Waals surface area contributed by atoms with Crippen LogP contribution in [0.3, 0.4) is 0 Å². The Balaban J connectivity index is 1.80. The number of rotatable bonds is 1. The van der Waals surface area contributed by atoms with Gasteiger partial charge in [0.25, 0.3) is 0 Å². The van der Waals surface area contributed by atoms with E-state index in [9.17, 15) is 19.1 Å². The Morgan fingerprint density at radius 1 is 1.20 bits per heavy atom. The molecule has 3 nitrogen and oxygen atoms in total. The molecule has 0 aromatic rings. The van der Waals surface area contributed by atoms with Gasteiger partial charge < -0.3 is 5.11 Å². The number of allylic oxidation sites excluding steroid dienone is 4. The van der Waals surface area contributed by atoms with Gasteiger partial charge in [-0.25, -0.2) is 4.39 Å². The molecule has 4 aliphatic carbocycles. The normalized spacial score (nSPS) is 48.8. The zero-order valence-electron chi connectivity index (χ0n) is 15.3. The highest BCUT2D eigenvalue weighted by atomic mass is 19.1. The molecule has 6 atom stereocenters. The molecular formula is C21H27FO3. The highest BCUT2D eigenvalue weighted by Gasteiger charge is 2.65. The predicted octanol–water partition coefficient (Wildman–Crippen LogP) is 3.91. The summed E-state index contributed by atoms with van der Waals surface area (Å²) in [5.74, 6) is 0.00985. The van der Waals surface area contributed by atoms with Gasteiger partial charge in [0.05, 0.1) is 0 Å². The van der Waals surface area contributed by atoms with Crippen molar-refractivity contribution in [3.8, 4) is 0 Å². The van der Waals surface area contributed by atoms with E-state index in [0.29, 0.717) is 24.8 Å². The van der Waals surface area contributed by atoms with Gasteiger partial charge in [-0.2, -0.15) is 0 Å². The van der Waals surface area contributed by atoms with E-state index in [2.05, 4.69) is 6.92 Å². The zero-order chi connectivity index (χ0) is 18.2. The second-order valence-corrected chi connectivity index (χ2v) is 9.16. The van der Waals surface area contributed by atoms with Crippen molar-refractivity contribution < 1.29 is 19.1 Å². The third kappa shape index (κ3) is 2.00. The summed E-state index contributed by atoms with van der Waals surface area (Å²) in [6.45, 7) is 5.60.